The van der Waals surface area contributed by atoms with Gasteiger partial charge in [-0.15, -0.1) is 16.9 Å². The number of amides is 1. The summed E-state index contributed by atoms with van der Waals surface area (Å²) in [5, 5.41) is 11.4. The summed E-state index contributed by atoms with van der Waals surface area (Å²) in [5.41, 5.74) is 2.53. The van der Waals surface area contributed by atoms with E-state index in [1.807, 2.05) is 55.5 Å². The van der Waals surface area contributed by atoms with Crippen molar-refractivity contribution < 1.29 is 9.53 Å². The minimum atomic E-state index is -0.246. The van der Waals surface area contributed by atoms with E-state index in [1.165, 1.54) is 0 Å². The monoisotopic (exact) mass is 460 g/mol. The molecule has 1 N–H and O–H groups in total. The molecule has 0 radical (unpaired) electrons. The number of benzene rings is 2. The maximum Gasteiger partial charge on any atom is 0.276 e. The topological polar surface area (TPSA) is 69.0 Å². The third kappa shape index (κ3) is 4.94. The first-order valence-electron chi connectivity index (χ1n) is 8.93. The first kappa shape index (κ1) is 20.4. The summed E-state index contributed by atoms with van der Waals surface area (Å²) in [6, 6.07) is 15.0. The fourth-order valence-electron chi connectivity index (χ4n) is 2.60. The molecule has 0 unspecified atom stereocenters. The lowest BCUT2D eigenvalue weighted by molar-refractivity contribution is 0.101. The Morgan fingerprint density at radius 3 is 2.50 bits per heavy atom. The number of carbonyl (C=O) groups excluding carboxylic acids is 1. The summed E-state index contributed by atoms with van der Waals surface area (Å²) in [6.45, 7) is 4.60. The van der Waals surface area contributed by atoms with Crippen LogP contribution in [0.4, 0.5) is 5.69 Å². The normalized spacial score (nSPS) is 10.7. The van der Waals surface area contributed by atoms with E-state index in [9.17, 15) is 4.79 Å². The zero-order valence-corrected chi connectivity index (χ0v) is 18.1. The maximum atomic E-state index is 13.1. The molecule has 0 saturated heterocycles. The predicted molar refractivity (Wildman–Crippen MR) is 117 cm³/mol. The van der Waals surface area contributed by atoms with Gasteiger partial charge in [0, 0.05) is 15.7 Å². The van der Waals surface area contributed by atoms with Crippen LogP contribution in [0.3, 0.4) is 0 Å². The highest BCUT2D eigenvalue weighted by molar-refractivity contribution is 9.10. The zero-order chi connectivity index (χ0) is 19.9. The van der Waals surface area contributed by atoms with Gasteiger partial charge in [-0.2, -0.15) is 0 Å². The molecule has 8 heteroatoms. The molecular weight excluding hydrogens is 440 g/mol. The van der Waals surface area contributed by atoms with Crippen LogP contribution < -0.4 is 10.1 Å². The Morgan fingerprint density at radius 2 is 1.86 bits per heavy atom. The van der Waals surface area contributed by atoms with Crippen molar-refractivity contribution in [1.82, 2.24) is 15.0 Å². The van der Waals surface area contributed by atoms with Crippen LogP contribution in [0.1, 0.15) is 24.3 Å². The van der Waals surface area contributed by atoms with Crippen LogP contribution in [0.5, 0.6) is 5.75 Å². The van der Waals surface area contributed by atoms with Crippen LogP contribution in [0, 0.1) is 0 Å². The Bertz CT molecular complexity index is 926. The molecule has 0 aliphatic carbocycles. The van der Waals surface area contributed by atoms with E-state index >= 15 is 0 Å². The highest BCUT2D eigenvalue weighted by Gasteiger charge is 2.22. The molecule has 3 aromatic rings. The Hall–Kier alpha value is -2.32. The van der Waals surface area contributed by atoms with Gasteiger partial charge < -0.3 is 10.1 Å². The molecule has 2 aromatic carbocycles. The van der Waals surface area contributed by atoms with Crippen LogP contribution in [0.15, 0.2) is 53.0 Å². The van der Waals surface area contributed by atoms with Crippen molar-refractivity contribution in [3.63, 3.8) is 0 Å². The Balaban J connectivity index is 1.89. The number of hydrogen-bond acceptors (Lipinski definition) is 5. The van der Waals surface area contributed by atoms with Crippen molar-refractivity contribution in [2.24, 2.45) is 0 Å². The molecule has 0 fully saturated rings. The fourth-order valence-corrected chi connectivity index (χ4v) is 3.40. The molecule has 1 heterocycles. The molecule has 1 aromatic heterocycles. The van der Waals surface area contributed by atoms with E-state index in [4.69, 9.17) is 4.74 Å². The lowest BCUT2D eigenvalue weighted by Gasteiger charge is -2.10. The van der Waals surface area contributed by atoms with E-state index in [0.29, 0.717) is 29.6 Å². The number of ether oxygens (including phenoxy) is 1. The molecule has 6 nitrogen and oxygen atoms in total. The first-order valence-corrected chi connectivity index (χ1v) is 10.9. The number of carbonyl (C=O) groups is 1. The van der Waals surface area contributed by atoms with Crippen molar-refractivity contribution in [3.05, 3.63) is 58.7 Å². The summed E-state index contributed by atoms with van der Waals surface area (Å²) in [6.07, 6.45) is 0. The van der Waals surface area contributed by atoms with Gasteiger partial charge in [-0.1, -0.05) is 40.2 Å². The lowest BCUT2D eigenvalue weighted by Crippen LogP contribution is -2.18. The summed E-state index contributed by atoms with van der Waals surface area (Å²) in [4.78, 5) is 13.1. The van der Waals surface area contributed by atoms with Gasteiger partial charge in [0.25, 0.3) is 5.91 Å². The molecule has 3 rings (SSSR count). The average molecular weight is 461 g/mol. The third-order valence-corrected chi connectivity index (χ3v) is 5.27. The Kier molecular flexibility index (Phi) is 7.11. The standard InChI is InChI=1S/C20H21BrN4O2S/c1-3-27-17-11-9-16(10-12-17)22-20(26)19-18(14-5-7-15(21)8-6-14)23-24-25(19)13-28-4-2/h5-12H,3-4,13H2,1-2H3,(H,22,26). The van der Waals surface area contributed by atoms with Crippen molar-refractivity contribution >= 4 is 39.3 Å². The number of anilines is 1. The van der Waals surface area contributed by atoms with Crippen molar-refractivity contribution in [2.75, 3.05) is 17.7 Å². The fraction of sp³-hybridized carbons (Fsp3) is 0.250. The first-order chi connectivity index (χ1) is 13.6. The molecule has 146 valence electrons. The largest absolute Gasteiger partial charge is 0.494 e. The minimum absolute atomic E-state index is 0.246. The number of nitrogens with zero attached hydrogens (tertiary/aromatic N) is 3. The number of aromatic nitrogens is 3. The highest BCUT2D eigenvalue weighted by atomic mass is 79.9. The minimum Gasteiger partial charge on any atom is -0.494 e. The van der Waals surface area contributed by atoms with E-state index < -0.39 is 0 Å². The highest BCUT2D eigenvalue weighted by Crippen LogP contribution is 2.25. The van der Waals surface area contributed by atoms with E-state index in [2.05, 4.69) is 38.5 Å². The summed E-state index contributed by atoms with van der Waals surface area (Å²) in [7, 11) is 0. The van der Waals surface area contributed by atoms with Crippen LogP contribution in [-0.4, -0.2) is 33.3 Å². The maximum absolute atomic E-state index is 13.1. The Labute approximate surface area is 176 Å². The van der Waals surface area contributed by atoms with Crippen molar-refractivity contribution in [3.8, 4) is 17.0 Å². The second kappa shape index (κ2) is 9.75. The summed E-state index contributed by atoms with van der Waals surface area (Å²) in [5.74, 6) is 2.00. The smallest absolute Gasteiger partial charge is 0.276 e. The van der Waals surface area contributed by atoms with Crippen molar-refractivity contribution in [2.45, 2.75) is 19.7 Å². The van der Waals surface area contributed by atoms with Crippen LogP contribution >= 0.6 is 27.7 Å². The van der Waals surface area contributed by atoms with E-state index in [-0.39, 0.29) is 5.91 Å². The second-order valence-corrected chi connectivity index (χ2v) is 7.99. The van der Waals surface area contributed by atoms with Gasteiger partial charge >= 0.3 is 0 Å². The quantitative estimate of drug-likeness (QED) is 0.507. The van der Waals surface area contributed by atoms with E-state index in [1.54, 1.807) is 16.4 Å². The van der Waals surface area contributed by atoms with Gasteiger partial charge in [0.1, 0.15) is 11.4 Å². The molecule has 0 saturated carbocycles. The van der Waals surface area contributed by atoms with Gasteiger partial charge in [0.2, 0.25) is 0 Å². The zero-order valence-electron chi connectivity index (χ0n) is 15.7. The molecule has 1 amide bonds. The summed E-state index contributed by atoms with van der Waals surface area (Å²) < 4.78 is 8.06. The molecular formula is C20H21BrN4O2S. The van der Waals surface area contributed by atoms with Crippen LogP contribution in [0.2, 0.25) is 0 Å². The molecule has 0 atom stereocenters. The second-order valence-electron chi connectivity index (χ2n) is 5.83. The van der Waals surface area contributed by atoms with Gasteiger partial charge in [0.15, 0.2) is 5.69 Å². The van der Waals surface area contributed by atoms with Gasteiger partial charge in [-0.3, -0.25) is 4.79 Å². The van der Waals surface area contributed by atoms with Gasteiger partial charge in [0.05, 0.1) is 12.5 Å². The number of halogens is 1. The molecule has 0 spiro atoms. The van der Waals surface area contributed by atoms with Gasteiger partial charge in [-0.25, -0.2) is 4.68 Å². The van der Waals surface area contributed by atoms with Crippen LogP contribution in [-0.2, 0) is 5.88 Å². The number of rotatable bonds is 8. The Morgan fingerprint density at radius 1 is 1.14 bits per heavy atom. The number of thioether (sulfide) groups is 1. The third-order valence-electron chi connectivity index (χ3n) is 3.91. The molecule has 0 aliphatic rings. The van der Waals surface area contributed by atoms with E-state index in [0.717, 1.165) is 21.5 Å². The summed E-state index contributed by atoms with van der Waals surface area (Å²) >= 11 is 5.11. The SMILES string of the molecule is CCOc1ccc(NC(=O)c2c(-c3ccc(Br)cc3)nnn2CSCC)cc1. The van der Waals surface area contributed by atoms with Crippen molar-refractivity contribution in [1.29, 1.82) is 0 Å². The lowest BCUT2D eigenvalue weighted by atomic mass is 10.1. The van der Waals surface area contributed by atoms with Gasteiger partial charge in [-0.05, 0) is 49.1 Å². The number of nitrogens with one attached hydrogen (secondary N) is 1. The molecule has 0 bridgehead atoms. The number of hydrogen-bond donors (Lipinski definition) is 1. The molecule has 0 aliphatic heterocycles. The average Bonchev–Trinajstić information content (AvgIpc) is 3.12. The van der Waals surface area contributed by atoms with Crippen LogP contribution in [0.25, 0.3) is 11.3 Å². The molecule has 28 heavy (non-hydrogen) atoms. The predicted octanol–water partition coefficient (Wildman–Crippen LogP) is 5.07.